The van der Waals surface area contributed by atoms with Gasteiger partial charge in [0.1, 0.15) is 6.54 Å². The van der Waals surface area contributed by atoms with Gasteiger partial charge in [-0.1, -0.05) is 88.9 Å². The molecule has 61 heavy (non-hydrogen) atoms. The number of hydrogen-bond donors (Lipinski definition) is 7. The highest BCUT2D eigenvalue weighted by Gasteiger charge is 2.08. The highest BCUT2D eigenvalue weighted by molar-refractivity contribution is 8.76. The highest BCUT2D eigenvalue weighted by atomic mass is 33.1. The number of anilines is 2. The van der Waals surface area contributed by atoms with Crippen molar-refractivity contribution in [3.8, 4) is 0 Å². The first-order chi connectivity index (χ1) is 29.9. The molecule has 0 radical (unpaired) electrons. The number of nitrogens with two attached hydrogens (primary N) is 1. The molecule has 0 spiro atoms. The van der Waals surface area contributed by atoms with E-state index in [9.17, 15) is 30.0 Å². The fourth-order valence-electron chi connectivity index (χ4n) is 6.07. The van der Waals surface area contributed by atoms with Gasteiger partial charge in [0, 0.05) is 100.0 Å². The van der Waals surface area contributed by atoms with Crippen LogP contribution in [-0.4, -0.2) is 116 Å². The normalized spacial score (nSPS) is 11.8. The average molecular weight is 875 g/mol. The summed E-state index contributed by atoms with van der Waals surface area (Å²) in [5.74, 6) is 1.72. The summed E-state index contributed by atoms with van der Waals surface area (Å²) in [5.41, 5.74) is 6.09. The van der Waals surface area contributed by atoms with Gasteiger partial charge in [0.15, 0.2) is 12.4 Å². The molecule has 0 fully saturated rings. The number of carbonyl (C=O) groups excluding carboxylic acids is 2. The molecule has 12 nitrogen and oxygen atoms in total. The van der Waals surface area contributed by atoms with E-state index in [1.54, 1.807) is 27.7 Å². The maximum atomic E-state index is 12.3. The van der Waals surface area contributed by atoms with Gasteiger partial charge in [0.25, 0.3) is 0 Å². The minimum Gasteiger partial charge on any atom is -0.395 e. The number of allylic oxidation sites excluding steroid dienone is 5. The Morgan fingerprint density at radius 2 is 1.13 bits per heavy atom. The fourth-order valence-corrected chi connectivity index (χ4v) is 7.88. The van der Waals surface area contributed by atoms with Crippen LogP contribution in [0.5, 0.6) is 0 Å². The molecule has 3 rings (SSSR count). The van der Waals surface area contributed by atoms with Crippen LogP contribution >= 0.6 is 21.6 Å². The van der Waals surface area contributed by atoms with Crippen molar-refractivity contribution in [2.45, 2.75) is 32.2 Å². The number of quaternary nitrogens is 1. The number of aryl methyl sites for hydroxylation is 1. The Morgan fingerprint density at radius 3 is 1.62 bits per heavy atom. The van der Waals surface area contributed by atoms with Crippen LogP contribution in [0.2, 0.25) is 0 Å². The standard InChI is InChI=1S/C47H64N6O6S2/c1-2-5-40(8-9-41-12-16-44(17-13-41)52(30-34-54)31-35-55)20-24-48-23-3-6-46(58)49-25-38-60-61-39-26-50-47(59)7-4-27-51-28-21-43(22-29-51)11-10-42-14-18-45(19-15-42)53(32-36-56)33-37-57/h2,5,8-22,24,28-29,48,54-57H,1,3-4,6-7,23,25-27,30-39H2,(H-,49,50,58,59)/p+2. The predicted molar refractivity (Wildman–Crippen MR) is 254 cm³/mol. The van der Waals surface area contributed by atoms with Crippen molar-refractivity contribution in [1.29, 1.82) is 0 Å². The average Bonchev–Trinajstić information content (AvgIpc) is 3.27. The monoisotopic (exact) mass is 874 g/mol. The molecule has 0 saturated carbocycles. The summed E-state index contributed by atoms with van der Waals surface area (Å²) < 4.78 is 2.08. The van der Waals surface area contributed by atoms with Crippen LogP contribution in [0.25, 0.3) is 18.2 Å². The number of benzene rings is 2. The van der Waals surface area contributed by atoms with Crippen molar-refractivity contribution >= 4 is 63.0 Å². The number of carbonyl (C=O) groups is 2. The molecule has 1 heterocycles. The lowest BCUT2D eigenvalue weighted by molar-refractivity contribution is -0.697. The van der Waals surface area contributed by atoms with Gasteiger partial charge in [-0.3, -0.25) is 9.59 Å². The van der Waals surface area contributed by atoms with Crippen molar-refractivity contribution in [3.63, 3.8) is 0 Å². The zero-order valence-electron chi connectivity index (χ0n) is 35.3. The van der Waals surface area contributed by atoms with E-state index in [-0.39, 0.29) is 38.2 Å². The summed E-state index contributed by atoms with van der Waals surface area (Å²) >= 11 is 0. The first-order valence-electron chi connectivity index (χ1n) is 21.0. The maximum Gasteiger partial charge on any atom is 0.220 e. The highest BCUT2D eigenvalue weighted by Crippen LogP contribution is 2.20. The maximum absolute atomic E-state index is 12.3. The Kier molecular flexibility index (Phi) is 26.7. The summed E-state index contributed by atoms with van der Waals surface area (Å²) in [4.78, 5) is 28.5. The Balaban J connectivity index is 1.18. The molecule has 0 saturated heterocycles. The first kappa shape index (κ1) is 50.7. The van der Waals surface area contributed by atoms with Crippen LogP contribution in [0, 0.1) is 0 Å². The molecule has 1 aromatic heterocycles. The van der Waals surface area contributed by atoms with E-state index in [1.165, 1.54) is 0 Å². The second-order valence-corrected chi connectivity index (χ2v) is 16.6. The van der Waals surface area contributed by atoms with E-state index in [1.807, 2.05) is 101 Å². The smallest absolute Gasteiger partial charge is 0.220 e. The lowest BCUT2D eigenvalue weighted by atomic mass is 10.1. The van der Waals surface area contributed by atoms with Crippen molar-refractivity contribution in [1.82, 2.24) is 10.6 Å². The van der Waals surface area contributed by atoms with Gasteiger partial charge in [-0.25, -0.2) is 4.57 Å². The molecule has 0 unspecified atom stereocenters. The predicted octanol–water partition coefficient (Wildman–Crippen LogP) is 3.80. The van der Waals surface area contributed by atoms with Gasteiger partial charge in [0.2, 0.25) is 11.8 Å². The zero-order valence-corrected chi connectivity index (χ0v) is 37.0. The largest absolute Gasteiger partial charge is 0.395 e. The van der Waals surface area contributed by atoms with Gasteiger partial charge in [-0.05, 0) is 52.6 Å². The molecular weight excluding hydrogens is 809 g/mol. The van der Waals surface area contributed by atoms with Crippen LogP contribution in [0.15, 0.2) is 116 Å². The topological polar surface area (TPSA) is 166 Å². The lowest BCUT2D eigenvalue weighted by Crippen LogP contribution is -2.78. The van der Waals surface area contributed by atoms with Crippen molar-refractivity contribution in [2.75, 3.05) is 93.5 Å². The Bertz CT molecular complexity index is 1790. The fraction of sp³-hybridized carbons (Fsp3) is 0.383. The van der Waals surface area contributed by atoms with Crippen LogP contribution in [-0.2, 0) is 16.1 Å². The molecule has 2 amide bonds. The SMILES string of the molecule is C=CC=C(C=C[NH2+]CCCC(=O)NCCSSCCNC(=O)CCC[n+]1ccc(C=Cc2ccc(N(CCO)CCO)cc2)cc1)C=Cc1ccc(N(CCO)CCO)cc1. The molecule has 3 aromatic rings. The van der Waals surface area contributed by atoms with Crippen LogP contribution in [0.1, 0.15) is 42.4 Å². The Labute approximate surface area is 370 Å². The molecule has 0 aliphatic carbocycles. The summed E-state index contributed by atoms with van der Waals surface area (Å²) in [6, 6.07) is 20.1. The van der Waals surface area contributed by atoms with Crippen molar-refractivity contribution in [2.24, 2.45) is 0 Å². The molecule has 0 aliphatic heterocycles. The van der Waals surface area contributed by atoms with E-state index in [0.29, 0.717) is 52.1 Å². The number of aromatic nitrogens is 1. The van der Waals surface area contributed by atoms with Crippen molar-refractivity contribution in [3.05, 3.63) is 132 Å². The minimum atomic E-state index is 0.0283. The van der Waals surface area contributed by atoms with E-state index >= 15 is 0 Å². The van der Waals surface area contributed by atoms with E-state index < -0.39 is 0 Å². The van der Waals surface area contributed by atoms with Crippen LogP contribution in [0.3, 0.4) is 0 Å². The number of pyridine rings is 1. The second-order valence-electron chi connectivity index (χ2n) is 13.9. The Morgan fingerprint density at radius 1 is 0.656 bits per heavy atom. The lowest BCUT2D eigenvalue weighted by Gasteiger charge is -2.22. The number of rotatable bonds is 32. The third-order valence-corrected chi connectivity index (χ3v) is 11.7. The number of nitrogens with zero attached hydrogens (tertiary/aromatic N) is 3. The summed E-state index contributed by atoms with van der Waals surface area (Å²) in [6.45, 7) is 8.63. The molecule has 14 heteroatoms. The van der Waals surface area contributed by atoms with Crippen LogP contribution in [0.4, 0.5) is 11.4 Å². The summed E-state index contributed by atoms with van der Waals surface area (Å²) in [5, 5.41) is 45.1. The number of aliphatic hydroxyl groups is 4. The molecule has 0 aliphatic rings. The zero-order chi connectivity index (χ0) is 43.8. The van der Waals surface area contributed by atoms with Gasteiger partial charge in [-0.15, -0.1) is 0 Å². The third kappa shape index (κ3) is 22.1. The van der Waals surface area contributed by atoms with E-state index in [4.69, 9.17) is 0 Å². The molecule has 0 atom stereocenters. The summed E-state index contributed by atoms with van der Waals surface area (Å²) in [6.07, 6.45) is 22.4. The number of aliphatic hydroxyl groups excluding tert-OH is 4. The number of amides is 2. The van der Waals surface area contributed by atoms with Gasteiger partial charge in [-0.2, -0.15) is 0 Å². The van der Waals surface area contributed by atoms with Crippen LogP contribution < -0.4 is 30.3 Å². The summed E-state index contributed by atoms with van der Waals surface area (Å²) in [7, 11) is 3.39. The molecule has 8 N–H and O–H groups in total. The van der Waals surface area contributed by atoms with Gasteiger partial charge in [0.05, 0.1) is 39.2 Å². The number of nitrogens with one attached hydrogen (secondary N) is 2. The first-order valence-corrected chi connectivity index (χ1v) is 23.5. The van der Waals surface area contributed by atoms with Crippen molar-refractivity contribution < 1.29 is 39.9 Å². The second kappa shape index (κ2) is 32.1. The van der Waals surface area contributed by atoms with E-state index in [0.717, 1.165) is 71.1 Å². The molecule has 0 bridgehead atoms. The Hall–Kier alpha value is -4.67. The van der Waals surface area contributed by atoms with E-state index in [2.05, 4.69) is 51.4 Å². The number of hydrogen-bond acceptors (Lipinski definition) is 10. The quantitative estimate of drug-likeness (QED) is 0.0213. The van der Waals surface area contributed by atoms with Gasteiger partial charge < -0.3 is 46.2 Å². The molecule has 2 aromatic carbocycles. The molecule has 330 valence electrons. The minimum absolute atomic E-state index is 0.0283. The molecular formula is C47H66N6O6S2+2. The van der Waals surface area contributed by atoms with Gasteiger partial charge >= 0.3 is 0 Å². The third-order valence-electron chi connectivity index (χ3n) is 9.28.